The lowest BCUT2D eigenvalue weighted by atomic mass is 9.93. The van der Waals surface area contributed by atoms with Crippen LogP contribution in [0.3, 0.4) is 0 Å². The third kappa shape index (κ3) is 4.13. The maximum absolute atomic E-state index is 12.3. The van der Waals surface area contributed by atoms with Crippen LogP contribution in [0.25, 0.3) is 0 Å². The quantitative estimate of drug-likeness (QED) is 0.845. The Morgan fingerprint density at radius 2 is 1.92 bits per heavy atom. The zero-order valence-corrected chi connectivity index (χ0v) is 14.0. The minimum Gasteiger partial charge on any atom is -0.496 e. The van der Waals surface area contributed by atoms with Crippen LogP contribution in [0.4, 0.5) is 5.69 Å². The number of amides is 1. The molecule has 0 aliphatic carbocycles. The second-order valence-corrected chi connectivity index (χ2v) is 5.73. The van der Waals surface area contributed by atoms with Crippen LogP contribution >= 0.6 is 0 Å². The standard InChI is InChI=1S/C19H21NO4/c1-12-6-4-5-7-15(12)13(2)10-18(21)20-14-8-9-16(19(22)23)17(11-14)24-3/h4-9,11,13H,10H2,1-3H3,(H,20,21)(H,22,23). The lowest BCUT2D eigenvalue weighted by Gasteiger charge is -2.15. The van der Waals surface area contributed by atoms with Gasteiger partial charge >= 0.3 is 5.97 Å². The molecule has 2 rings (SSSR count). The number of carboxylic acids is 1. The molecule has 0 radical (unpaired) electrons. The Hall–Kier alpha value is -2.82. The van der Waals surface area contributed by atoms with Gasteiger partial charge in [-0.3, -0.25) is 4.79 Å². The molecule has 0 aliphatic rings. The topological polar surface area (TPSA) is 75.6 Å². The Labute approximate surface area is 141 Å². The number of ether oxygens (including phenoxy) is 1. The fourth-order valence-corrected chi connectivity index (χ4v) is 2.69. The van der Waals surface area contributed by atoms with Crippen molar-refractivity contribution in [2.24, 2.45) is 0 Å². The molecule has 0 bridgehead atoms. The smallest absolute Gasteiger partial charge is 0.339 e. The van der Waals surface area contributed by atoms with Gasteiger partial charge in [-0.2, -0.15) is 0 Å². The lowest BCUT2D eigenvalue weighted by molar-refractivity contribution is -0.116. The first-order chi connectivity index (χ1) is 11.4. The van der Waals surface area contributed by atoms with Gasteiger partial charge in [0.25, 0.3) is 0 Å². The number of hydrogen-bond donors (Lipinski definition) is 2. The van der Waals surface area contributed by atoms with Crippen LogP contribution in [0.1, 0.15) is 40.7 Å². The number of methoxy groups -OCH3 is 1. The highest BCUT2D eigenvalue weighted by molar-refractivity contribution is 5.94. The molecular weight excluding hydrogens is 306 g/mol. The Balaban J connectivity index is 2.07. The van der Waals surface area contributed by atoms with Crippen molar-refractivity contribution in [3.8, 4) is 5.75 Å². The molecular formula is C19H21NO4. The molecule has 0 aromatic heterocycles. The molecule has 1 atom stereocenters. The number of carbonyl (C=O) groups excluding carboxylic acids is 1. The van der Waals surface area contributed by atoms with Crippen molar-refractivity contribution >= 4 is 17.6 Å². The van der Waals surface area contributed by atoms with E-state index in [0.717, 1.165) is 11.1 Å². The van der Waals surface area contributed by atoms with E-state index in [2.05, 4.69) is 5.32 Å². The SMILES string of the molecule is COc1cc(NC(=O)CC(C)c2ccccc2C)ccc1C(=O)O. The minimum atomic E-state index is -1.07. The second-order valence-electron chi connectivity index (χ2n) is 5.73. The van der Waals surface area contributed by atoms with Crippen LogP contribution in [0.5, 0.6) is 5.75 Å². The summed E-state index contributed by atoms with van der Waals surface area (Å²) >= 11 is 0. The van der Waals surface area contributed by atoms with Crippen molar-refractivity contribution in [2.45, 2.75) is 26.2 Å². The summed E-state index contributed by atoms with van der Waals surface area (Å²) in [5.41, 5.74) is 2.87. The van der Waals surface area contributed by atoms with Crippen molar-refractivity contribution in [1.29, 1.82) is 0 Å². The predicted molar refractivity (Wildman–Crippen MR) is 92.8 cm³/mol. The molecule has 0 saturated carbocycles. The summed E-state index contributed by atoms with van der Waals surface area (Å²) in [4.78, 5) is 23.3. The summed E-state index contributed by atoms with van der Waals surface area (Å²) < 4.78 is 5.06. The number of hydrogen-bond acceptors (Lipinski definition) is 3. The molecule has 0 fully saturated rings. The van der Waals surface area contributed by atoms with E-state index in [9.17, 15) is 9.59 Å². The van der Waals surface area contributed by atoms with Gasteiger partial charge in [0, 0.05) is 18.2 Å². The van der Waals surface area contributed by atoms with E-state index in [4.69, 9.17) is 9.84 Å². The summed E-state index contributed by atoms with van der Waals surface area (Å²) in [5, 5.41) is 11.9. The van der Waals surface area contributed by atoms with E-state index in [1.807, 2.05) is 38.1 Å². The Morgan fingerprint density at radius 1 is 1.21 bits per heavy atom. The Morgan fingerprint density at radius 3 is 2.54 bits per heavy atom. The van der Waals surface area contributed by atoms with E-state index in [1.165, 1.54) is 19.2 Å². The van der Waals surface area contributed by atoms with Gasteiger partial charge in [0.2, 0.25) is 5.91 Å². The van der Waals surface area contributed by atoms with Crippen LogP contribution in [-0.2, 0) is 4.79 Å². The molecule has 5 nitrogen and oxygen atoms in total. The fourth-order valence-electron chi connectivity index (χ4n) is 2.69. The first kappa shape index (κ1) is 17.5. The average Bonchev–Trinajstić information content (AvgIpc) is 2.54. The van der Waals surface area contributed by atoms with Gasteiger partial charge in [-0.15, -0.1) is 0 Å². The predicted octanol–water partition coefficient (Wildman–Crippen LogP) is 3.83. The Bertz CT molecular complexity index is 755. The molecule has 0 spiro atoms. The number of benzene rings is 2. The molecule has 5 heteroatoms. The van der Waals surface area contributed by atoms with Gasteiger partial charge in [0.15, 0.2) is 0 Å². The number of aromatic carboxylic acids is 1. The summed E-state index contributed by atoms with van der Waals surface area (Å²) in [6.45, 7) is 4.04. The first-order valence-electron chi connectivity index (χ1n) is 7.69. The van der Waals surface area contributed by atoms with Crippen molar-refractivity contribution in [1.82, 2.24) is 0 Å². The van der Waals surface area contributed by atoms with Gasteiger partial charge in [-0.1, -0.05) is 31.2 Å². The maximum atomic E-state index is 12.3. The molecule has 0 saturated heterocycles. The number of aryl methyl sites for hydroxylation is 1. The molecule has 0 aliphatic heterocycles. The number of rotatable bonds is 6. The molecule has 1 unspecified atom stereocenters. The van der Waals surface area contributed by atoms with Crippen LogP contribution in [0.2, 0.25) is 0 Å². The van der Waals surface area contributed by atoms with Crippen LogP contribution in [0, 0.1) is 6.92 Å². The van der Waals surface area contributed by atoms with E-state index in [-0.39, 0.29) is 23.1 Å². The molecule has 2 N–H and O–H groups in total. The average molecular weight is 327 g/mol. The monoisotopic (exact) mass is 327 g/mol. The van der Waals surface area contributed by atoms with Gasteiger partial charge < -0.3 is 15.2 Å². The first-order valence-corrected chi connectivity index (χ1v) is 7.69. The van der Waals surface area contributed by atoms with Crippen molar-refractivity contribution < 1.29 is 19.4 Å². The van der Waals surface area contributed by atoms with E-state index in [1.54, 1.807) is 6.07 Å². The van der Waals surface area contributed by atoms with Crippen LogP contribution in [-0.4, -0.2) is 24.1 Å². The van der Waals surface area contributed by atoms with Crippen LogP contribution < -0.4 is 10.1 Å². The Kier molecular flexibility index (Phi) is 5.58. The molecule has 126 valence electrons. The number of anilines is 1. The van der Waals surface area contributed by atoms with E-state index in [0.29, 0.717) is 12.1 Å². The third-order valence-electron chi connectivity index (χ3n) is 3.93. The van der Waals surface area contributed by atoms with Gasteiger partial charge in [0.05, 0.1) is 7.11 Å². The second kappa shape index (κ2) is 7.64. The zero-order valence-electron chi connectivity index (χ0n) is 14.0. The maximum Gasteiger partial charge on any atom is 0.339 e. The van der Waals surface area contributed by atoms with Gasteiger partial charge in [0.1, 0.15) is 11.3 Å². The van der Waals surface area contributed by atoms with Gasteiger partial charge in [-0.05, 0) is 36.1 Å². The zero-order chi connectivity index (χ0) is 17.7. The highest BCUT2D eigenvalue weighted by atomic mass is 16.5. The normalized spacial score (nSPS) is 11.6. The van der Waals surface area contributed by atoms with E-state index >= 15 is 0 Å². The van der Waals surface area contributed by atoms with E-state index < -0.39 is 5.97 Å². The number of carbonyl (C=O) groups is 2. The molecule has 2 aromatic carbocycles. The molecule has 1 amide bonds. The molecule has 0 heterocycles. The molecule has 2 aromatic rings. The largest absolute Gasteiger partial charge is 0.496 e. The summed E-state index contributed by atoms with van der Waals surface area (Å²) in [6, 6.07) is 12.5. The summed E-state index contributed by atoms with van der Waals surface area (Å²) in [6.07, 6.45) is 0.341. The summed E-state index contributed by atoms with van der Waals surface area (Å²) in [7, 11) is 1.40. The van der Waals surface area contributed by atoms with Crippen molar-refractivity contribution in [3.05, 3.63) is 59.2 Å². The molecule has 24 heavy (non-hydrogen) atoms. The number of nitrogens with one attached hydrogen (secondary N) is 1. The van der Waals surface area contributed by atoms with Crippen molar-refractivity contribution in [3.63, 3.8) is 0 Å². The minimum absolute atomic E-state index is 0.0591. The number of carboxylic acid groups (broad SMARTS) is 1. The lowest BCUT2D eigenvalue weighted by Crippen LogP contribution is -2.15. The van der Waals surface area contributed by atoms with Crippen LogP contribution in [0.15, 0.2) is 42.5 Å². The highest BCUT2D eigenvalue weighted by Crippen LogP contribution is 2.25. The van der Waals surface area contributed by atoms with Gasteiger partial charge in [-0.25, -0.2) is 4.79 Å². The highest BCUT2D eigenvalue weighted by Gasteiger charge is 2.15. The van der Waals surface area contributed by atoms with Crippen molar-refractivity contribution in [2.75, 3.05) is 12.4 Å². The third-order valence-corrected chi connectivity index (χ3v) is 3.93. The fraction of sp³-hybridized carbons (Fsp3) is 0.263. The summed E-state index contributed by atoms with van der Waals surface area (Å²) in [5.74, 6) is -0.896.